The molecule has 0 saturated carbocycles. The average molecular weight is 464 g/mol. The van der Waals surface area contributed by atoms with Crippen LogP contribution in [0.5, 0.6) is 0 Å². The minimum atomic E-state index is -0.302. The van der Waals surface area contributed by atoms with E-state index in [2.05, 4.69) is 10.3 Å². The summed E-state index contributed by atoms with van der Waals surface area (Å²) in [5, 5.41) is 4.58. The summed E-state index contributed by atoms with van der Waals surface area (Å²) >= 11 is 11.7. The van der Waals surface area contributed by atoms with Gasteiger partial charge in [-0.25, -0.2) is 4.39 Å². The first-order chi connectivity index (χ1) is 15.5. The van der Waals surface area contributed by atoms with Crippen LogP contribution in [0, 0.1) is 12.7 Å². The molecule has 0 aliphatic carbocycles. The van der Waals surface area contributed by atoms with Crippen LogP contribution in [0.2, 0.25) is 5.02 Å². The first-order valence-corrected chi connectivity index (χ1v) is 10.9. The van der Waals surface area contributed by atoms with Gasteiger partial charge in [0.25, 0.3) is 0 Å². The molecule has 1 saturated heterocycles. The minimum Gasteiger partial charge on any atom is -0.459 e. The van der Waals surface area contributed by atoms with Gasteiger partial charge in [0, 0.05) is 22.5 Å². The van der Waals surface area contributed by atoms with E-state index in [1.165, 1.54) is 6.07 Å². The zero-order valence-corrected chi connectivity index (χ0v) is 18.7. The molecule has 3 heterocycles. The SMILES string of the molecule is Cc1cc(N2C(=S)N[C@H](c3ccccn3)[C@H]2c2ccc(-c3ccc(Cl)cc3)o2)ccc1F. The Labute approximate surface area is 195 Å². The van der Waals surface area contributed by atoms with Crippen molar-refractivity contribution in [3.8, 4) is 11.3 Å². The summed E-state index contributed by atoms with van der Waals surface area (Å²) in [6, 6.07) is 21.6. The Bertz CT molecular complexity index is 1280. The normalized spacial score (nSPS) is 18.1. The van der Waals surface area contributed by atoms with Gasteiger partial charge in [-0.1, -0.05) is 17.7 Å². The number of furan rings is 1. The van der Waals surface area contributed by atoms with E-state index < -0.39 is 0 Å². The molecule has 0 spiro atoms. The van der Waals surface area contributed by atoms with E-state index >= 15 is 0 Å². The third-order valence-corrected chi connectivity index (χ3v) is 6.13. The number of thiocarbonyl (C=S) groups is 1. The third kappa shape index (κ3) is 3.76. The lowest BCUT2D eigenvalue weighted by Crippen LogP contribution is -2.29. The Morgan fingerprint density at radius 1 is 1.06 bits per heavy atom. The third-order valence-electron chi connectivity index (χ3n) is 5.56. The lowest BCUT2D eigenvalue weighted by atomic mass is 10.0. The van der Waals surface area contributed by atoms with Crippen LogP contribution in [0.3, 0.4) is 0 Å². The zero-order chi connectivity index (χ0) is 22.2. The smallest absolute Gasteiger partial charge is 0.174 e. The zero-order valence-electron chi connectivity index (χ0n) is 17.1. The summed E-state index contributed by atoms with van der Waals surface area (Å²) in [6.07, 6.45) is 1.75. The van der Waals surface area contributed by atoms with E-state index in [1.54, 1.807) is 25.3 Å². The Hall–Kier alpha value is -3.22. The van der Waals surface area contributed by atoms with Crippen LogP contribution in [0.15, 0.2) is 83.4 Å². The van der Waals surface area contributed by atoms with Crippen molar-refractivity contribution in [1.82, 2.24) is 10.3 Å². The van der Waals surface area contributed by atoms with Crippen LogP contribution in [0.25, 0.3) is 11.3 Å². The number of rotatable bonds is 4. The van der Waals surface area contributed by atoms with Gasteiger partial charge in [-0.05, 0) is 91.4 Å². The molecule has 1 aliphatic heterocycles. The number of nitrogens with zero attached hydrogens (tertiary/aromatic N) is 2. The summed E-state index contributed by atoms with van der Waals surface area (Å²) in [6.45, 7) is 1.74. The number of benzene rings is 2. The van der Waals surface area contributed by atoms with Crippen LogP contribution in [-0.4, -0.2) is 10.1 Å². The summed E-state index contributed by atoms with van der Waals surface area (Å²) < 4.78 is 20.3. The van der Waals surface area contributed by atoms with Crippen LogP contribution >= 0.6 is 23.8 Å². The summed E-state index contributed by atoms with van der Waals surface area (Å²) in [5.41, 5.74) is 3.10. The predicted molar refractivity (Wildman–Crippen MR) is 128 cm³/mol. The second kappa shape index (κ2) is 8.37. The van der Waals surface area contributed by atoms with Crippen molar-refractivity contribution in [3.63, 3.8) is 0 Å². The number of hydrogen-bond acceptors (Lipinski definition) is 3. The molecule has 1 aliphatic rings. The second-order valence-electron chi connectivity index (χ2n) is 7.64. The number of nitrogens with one attached hydrogen (secondary N) is 1. The van der Waals surface area contributed by atoms with Crippen LogP contribution in [-0.2, 0) is 0 Å². The van der Waals surface area contributed by atoms with Crippen molar-refractivity contribution in [2.24, 2.45) is 0 Å². The minimum absolute atomic E-state index is 0.238. The van der Waals surface area contributed by atoms with Gasteiger partial charge in [-0.3, -0.25) is 4.98 Å². The number of hydrogen-bond donors (Lipinski definition) is 1. The van der Waals surface area contributed by atoms with Gasteiger partial charge in [0.05, 0.1) is 11.7 Å². The number of pyridine rings is 1. The molecule has 4 nitrogen and oxygen atoms in total. The Balaban J connectivity index is 1.60. The van der Waals surface area contributed by atoms with E-state index in [0.717, 1.165) is 28.5 Å². The second-order valence-corrected chi connectivity index (χ2v) is 8.46. The molecule has 4 aromatic rings. The fourth-order valence-electron chi connectivity index (χ4n) is 3.98. The largest absolute Gasteiger partial charge is 0.459 e. The maximum absolute atomic E-state index is 14.0. The molecule has 32 heavy (non-hydrogen) atoms. The first kappa shape index (κ1) is 20.7. The van der Waals surface area contributed by atoms with Gasteiger partial charge in [0.1, 0.15) is 23.4 Å². The van der Waals surface area contributed by atoms with E-state index in [1.807, 2.05) is 59.5 Å². The van der Waals surface area contributed by atoms with Crippen molar-refractivity contribution >= 4 is 34.6 Å². The number of anilines is 1. The molecule has 0 bridgehead atoms. The van der Waals surface area contributed by atoms with Crippen molar-refractivity contribution in [3.05, 3.63) is 107 Å². The van der Waals surface area contributed by atoms with Crippen LogP contribution in [0.4, 0.5) is 10.1 Å². The Kier molecular flexibility index (Phi) is 5.41. The van der Waals surface area contributed by atoms with E-state index in [9.17, 15) is 4.39 Å². The molecule has 2 atom stereocenters. The van der Waals surface area contributed by atoms with E-state index in [4.69, 9.17) is 28.2 Å². The Morgan fingerprint density at radius 3 is 2.59 bits per heavy atom. The lowest BCUT2D eigenvalue weighted by molar-refractivity contribution is 0.439. The highest BCUT2D eigenvalue weighted by Crippen LogP contribution is 2.43. The molecular weight excluding hydrogens is 445 g/mol. The van der Waals surface area contributed by atoms with E-state index in [0.29, 0.717) is 15.7 Å². The van der Waals surface area contributed by atoms with Crippen LogP contribution < -0.4 is 10.2 Å². The summed E-state index contributed by atoms with van der Waals surface area (Å²) in [4.78, 5) is 6.50. The highest BCUT2D eigenvalue weighted by atomic mass is 35.5. The summed E-state index contributed by atoms with van der Waals surface area (Å²) in [5.74, 6) is 1.19. The molecular formula is C25H19ClFN3OS. The molecule has 1 fully saturated rings. The lowest BCUT2D eigenvalue weighted by Gasteiger charge is -2.26. The van der Waals surface area contributed by atoms with Crippen molar-refractivity contribution in [2.45, 2.75) is 19.0 Å². The van der Waals surface area contributed by atoms with Gasteiger partial charge < -0.3 is 14.6 Å². The van der Waals surface area contributed by atoms with Gasteiger partial charge in [0.2, 0.25) is 0 Å². The van der Waals surface area contributed by atoms with Crippen LogP contribution in [0.1, 0.15) is 29.1 Å². The molecule has 0 radical (unpaired) electrons. The molecule has 2 aromatic carbocycles. The molecule has 7 heteroatoms. The fourth-order valence-corrected chi connectivity index (χ4v) is 4.45. The standard InChI is InChI=1S/C25H19ClFN3OS/c1-15-14-18(9-10-19(15)27)30-24(23(29-25(30)32)20-4-2-3-13-28-20)22-12-11-21(31-22)16-5-7-17(26)8-6-16/h2-14,23-24H,1H3,(H,29,32)/t23-,24-/m1/s1. The van der Waals surface area contributed by atoms with E-state index in [-0.39, 0.29) is 17.9 Å². The number of aromatic nitrogens is 1. The van der Waals surface area contributed by atoms with Gasteiger partial charge in [-0.15, -0.1) is 0 Å². The van der Waals surface area contributed by atoms with Crippen molar-refractivity contribution in [2.75, 3.05) is 4.90 Å². The molecule has 2 aromatic heterocycles. The fraction of sp³-hybridized carbons (Fsp3) is 0.120. The summed E-state index contributed by atoms with van der Waals surface area (Å²) in [7, 11) is 0. The Morgan fingerprint density at radius 2 is 1.88 bits per heavy atom. The quantitative estimate of drug-likeness (QED) is 0.344. The average Bonchev–Trinajstić information content (AvgIpc) is 3.41. The molecule has 1 N–H and O–H groups in total. The number of aryl methyl sites for hydroxylation is 1. The predicted octanol–water partition coefficient (Wildman–Crippen LogP) is 6.62. The monoisotopic (exact) mass is 463 g/mol. The molecule has 0 amide bonds. The maximum atomic E-state index is 14.0. The first-order valence-electron chi connectivity index (χ1n) is 10.1. The highest BCUT2D eigenvalue weighted by molar-refractivity contribution is 7.80. The number of halogens is 2. The van der Waals surface area contributed by atoms with Crippen molar-refractivity contribution < 1.29 is 8.81 Å². The molecule has 5 rings (SSSR count). The molecule has 0 unspecified atom stereocenters. The molecule has 160 valence electrons. The van der Waals surface area contributed by atoms with Gasteiger partial charge in [-0.2, -0.15) is 0 Å². The van der Waals surface area contributed by atoms with Crippen molar-refractivity contribution in [1.29, 1.82) is 0 Å². The van der Waals surface area contributed by atoms with Gasteiger partial charge in [0.15, 0.2) is 5.11 Å². The topological polar surface area (TPSA) is 41.3 Å². The highest BCUT2D eigenvalue weighted by Gasteiger charge is 2.42. The maximum Gasteiger partial charge on any atom is 0.174 e. The van der Waals surface area contributed by atoms with Gasteiger partial charge >= 0.3 is 0 Å².